The summed E-state index contributed by atoms with van der Waals surface area (Å²) in [6, 6.07) is 4.69. The van der Waals surface area contributed by atoms with Crippen molar-refractivity contribution in [3.05, 3.63) is 28.8 Å². The second-order valence-electron chi connectivity index (χ2n) is 6.11. The standard InChI is InChI=1S/C16H23NO2/c1-9-4-5-14(18)16-13(6-10(2)15(9)16)17-11-7-12(8-11)19-3/h4-5,10-13,17-18H,6-8H2,1-3H3. The quantitative estimate of drug-likeness (QED) is 0.879. The average Bonchev–Trinajstić information content (AvgIpc) is 2.66. The number of nitrogens with one attached hydrogen (secondary N) is 1. The number of phenolic OH excluding ortho intramolecular Hbond substituents is 1. The van der Waals surface area contributed by atoms with Crippen LogP contribution in [0.2, 0.25) is 0 Å². The van der Waals surface area contributed by atoms with Crippen LogP contribution in [0.5, 0.6) is 5.75 Å². The highest BCUT2D eigenvalue weighted by Crippen LogP contribution is 2.46. The van der Waals surface area contributed by atoms with E-state index in [0.717, 1.165) is 24.8 Å². The van der Waals surface area contributed by atoms with Crippen molar-refractivity contribution in [2.75, 3.05) is 7.11 Å². The minimum absolute atomic E-state index is 0.299. The van der Waals surface area contributed by atoms with Gasteiger partial charge in [-0.05, 0) is 49.3 Å². The minimum Gasteiger partial charge on any atom is -0.508 e. The SMILES string of the molecule is COC1CC(NC2CC(C)c3c(C)ccc(O)c32)C1. The van der Waals surface area contributed by atoms with E-state index < -0.39 is 0 Å². The fourth-order valence-corrected chi connectivity index (χ4v) is 3.67. The van der Waals surface area contributed by atoms with Crippen molar-refractivity contribution in [2.45, 2.75) is 57.2 Å². The summed E-state index contributed by atoms with van der Waals surface area (Å²) in [5.74, 6) is 0.975. The number of rotatable bonds is 3. The minimum atomic E-state index is 0.299. The van der Waals surface area contributed by atoms with Gasteiger partial charge in [-0.1, -0.05) is 13.0 Å². The second kappa shape index (κ2) is 4.80. The van der Waals surface area contributed by atoms with Gasteiger partial charge < -0.3 is 15.2 Å². The highest BCUT2D eigenvalue weighted by atomic mass is 16.5. The maximum Gasteiger partial charge on any atom is 0.120 e. The number of fused-ring (bicyclic) bond motifs is 1. The maximum absolute atomic E-state index is 10.2. The van der Waals surface area contributed by atoms with Gasteiger partial charge in [-0.25, -0.2) is 0 Å². The van der Waals surface area contributed by atoms with Gasteiger partial charge in [0, 0.05) is 24.8 Å². The van der Waals surface area contributed by atoms with Crippen molar-refractivity contribution in [2.24, 2.45) is 0 Å². The number of hydrogen-bond acceptors (Lipinski definition) is 3. The van der Waals surface area contributed by atoms with E-state index in [1.54, 1.807) is 7.11 Å². The van der Waals surface area contributed by atoms with Gasteiger partial charge in [-0.3, -0.25) is 0 Å². The summed E-state index contributed by atoms with van der Waals surface area (Å²) in [5.41, 5.74) is 3.78. The normalized spacial score (nSPS) is 33.0. The Labute approximate surface area is 115 Å². The van der Waals surface area contributed by atoms with E-state index in [-0.39, 0.29) is 0 Å². The van der Waals surface area contributed by atoms with Crippen molar-refractivity contribution in [1.82, 2.24) is 5.32 Å². The molecule has 104 valence electrons. The van der Waals surface area contributed by atoms with Gasteiger partial charge in [-0.15, -0.1) is 0 Å². The third kappa shape index (κ3) is 2.15. The number of phenols is 1. The molecule has 2 aliphatic rings. The molecule has 2 atom stereocenters. The molecule has 0 aliphatic heterocycles. The van der Waals surface area contributed by atoms with Gasteiger partial charge in [0.05, 0.1) is 6.10 Å². The van der Waals surface area contributed by atoms with E-state index in [1.165, 1.54) is 11.1 Å². The van der Waals surface area contributed by atoms with Crippen LogP contribution in [0.1, 0.15) is 54.8 Å². The van der Waals surface area contributed by atoms with E-state index in [9.17, 15) is 5.11 Å². The molecule has 2 aliphatic carbocycles. The van der Waals surface area contributed by atoms with Crippen molar-refractivity contribution < 1.29 is 9.84 Å². The number of aromatic hydroxyl groups is 1. The monoisotopic (exact) mass is 261 g/mol. The van der Waals surface area contributed by atoms with Crippen LogP contribution in [-0.4, -0.2) is 24.4 Å². The molecular formula is C16H23NO2. The third-order valence-corrected chi connectivity index (χ3v) is 4.78. The zero-order valence-electron chi connectivity index (χ0n) is 11.9. The van der Waals surface area contributed by atoms with E-state index in [0.29, 0.717) is 29.9 Å². The van der Waals surface area contributed by atoms with Crippen LogP contribution in [0.25, 0.3) is 0 Å². The molecule has 0 bridgehead atoms. The predicted molar refractivity (Wildman–Crippen MR) is 75.6 cm³/mol. The topological polar surface area (TPSA) is 41.5 Å². The molecule has 19 heavy (non-hydrogen) atoms. The van der Waals surface area contributed by atoms with Crippen LogP contribution in [0.3, 0.4) is 0 Å². The second-order valence-corrected chi connectivity index (χ2v) is 6.11. The van der Waals surface area contributed by atoms with Crippen LogP contribution in [0, 0.1) is 6.92 Å². The number of ether oxygens (including phenoxy) is 1. The summed E-state index contributed by atoms with van der Waals surface area (Å²) in [7, 11) is 1.78. The first-order chi connectivity index (χ1) is 9.10. The van der Waals surface area contributed by atoms with Crippen LogP contribution in [-0.2, 0) is 4.74 Å². The van der Waals surface area contributed by atoms with Crippen molar-refractivity contribution in [3.8, 4) is 5.75 Å². The molecule has 0 radical (unpaired) electrons. The molecule has 3 nitrogen and oxygen atoms in total. The largest absolute Gasteiger partial charge is 0.508 e. The molecule has 1 aromatic carbocycles. The smallest absolute Gasteiger partial charge is 0.120 e. The first-order valence-corrected chi connectivity index (χ1v) is 7.21. The van der Waals surface area contributed by atoms with E-state index in [4.69, 9.17) is 4.74 Å². The zero-order valence-corrected chi connectivity index (χ0v) is 11.9. The summed E-state index contributed by atoms with van der Waals surface area (Å²) in [6.45, 7) is 4.40. The summed E-state index contributed by atoms with van der Waals surface area (Å²) < 4.78 is 5.32. The summed E-state index contributed by atoms with van der Waals surface area (Å²) >= 11 is 0. The van der Waals surface area contributed by atoms with Gasteiger partial charge in [0.1, 0.15) is 5.75 Å². The number of benzene rings is 1. The van der Waals surface area contributed by atoms with E-state index >= 15 is 0 Å². The van der Waals surface area contributed by atoms with E-state index in [2.05, 4.69) is 19.2 Å². The lowest BCUT2D eigenvalue weighted by molar-refractivity contribution is 0.0140. The fourth-order valence-electron chi connectivity index (χ4n) is 3.67. The Morgan fingerprint density at radius 1 is 1.21 bits per heavy atom. The molecule has 1 aromatic rings. The first kappa shape index (κ1) is 12.9. The summed E-state index contributed by atoms with van der Waals surface area (Å²) in [6.07, 6.45) is 3.68. The molecule has 0 spiro atoms. The van der Waals surface area contributed by atoms with Crippen LogP contribution in [0.15, 0.2) is 12.1 Å². The van der Waals surface area contributed by atoms with Crippen molar-refractivity contribution in [1.29, 1.82) is 0 Å². The Morgan fingerprint density at radius 2 is 1.95 bits per heavy atom. The van der Waals surface area contributed by atoms with Gasteiger partial charge in [-0.2, -0.15) is 0 Å². The molecule has 0 heterocycles. The summed E-state index contributed by atoms with van der Waals surface area (Å²) in [4.78, 5) is 0. The highest BCUT2D eigenvalue weighted by molar-refractivity contribution is 5.51. The Kier molecular flexibility index (Phi) is 3.27. The molecule has 0 saturated heterocycles. The predicted octanol–water partition coefficient (Wildman–Crippen LogP) is 3.02. The Hall–Kier alpha value is -1.06. The van der Waals surface area contributed by atoms with Gasteiger partial charge >= 0.3 is 0 Å². The molecule has 3 rings (SSSR count). The van der Waals surface area contributed by atoms with Gasteiger partial charge in [0.25, 0.3) is 0 Å². The molecule has 0 amide bonds. The van der Waals surface area contributed by atoms with Crippen LogP contribution in [0.4, 0.5) is 0 Å². The number of methoxy groups -OCH3 is 1. The summed E-state index contributed by atoms with van der Waals surface area (Å²) in [5, 5.41) is 13.9. The van der Waals surface area contributed by atoms with Crippen molar-refractivity contribution in [3.63, 3.8) is 0 Å². The molecule has 2 unspecified atom stereocenters. The molecular weight excluding hydrogens is 238 g/mol. The zero-order chi connectivity index (χ0) is 13.6. The Bertz CT molecular complexity index is 480. The van der Waals surface area contributed by atoms with Crippen molar-refractivity contribution >= 4 is 0 Å². The molecule has 2 N–H and O–H groups in total. The molecule has 1 saturated carbocycles. The van der Waals surface area contributed by atoms with Gasteiger partial charge in [0.2, 0.25) is 0 Å². The number of aryl methyl sites for hydroxylation is 1. The Morgan fingerprint density at radius 3 is 2.63 bits per heavy atom. The van der Waals surface area contributed by atoms with Crippen LogP contribution < -0.4 is 5.32 Å². The molecule has 1 fully saturated rings. The maximum atomic E-state index is 10.2. The highest BCUT2D eigenvalue weighted by Gasteiger charge is 2.36. The lowest BCUT2D eigenvalue weighted by atomic mass is 9.88. The van der Waals surface area contributed by atoms with E-state index in [1.807, 2.05) is 12.1 Å². The fraction of sp³-hybridized carbons (Fsp3) is 0.625. The van der Waals surface area contributed by atoms with Gasteiger partial charge in [0.15, 0.2) is 0 Å². The third-order valence-electron chi connectivity index (χ3n) is 4.78. The lowest BCUT2D eigenvalue weighted by Gasteiger charge is -2.37. The van der Waals surface area contributed by atoms with Crippen LogP contribution >= 0.6 is 0 Å². The average molecular weight is 261 g/mol. The first-order valence-electron chi connectivity index (χ1n) is 7.21. The molecule has 3 heteroatoms. The molecule has 0 aromatic heterocycles. The number of hydrogen-bond donors (Lipinski definition) is 2. The Balaban J connectivity index is 1.78. The lowest BCUT2D eigenvalue weighted by Crippen LogP contribution is -2.46.